The van der Waals surface area contributed by atoms with E-state index in [0.717, 1.165) is 37.4 Å². The van der Waals surface area contributed by atoms with Gasteiger partial charge in [0.15, 0.2) is 0 Å². The van der Waals surface area contributed by atoms with E-state index < -0.39 is 0 Å². The predicted octanol–water partition coefficient (Wildman–Crippen LogP) is 3.24. The number of anilines is 1. The molecule has 1 amide bonds. The Balaban J connectivity index is 1.25. The third-order valence-electron chi connectivity index (χ3n) is 5.04. The van der Waals surface area contributed by atoms with E-state index in [2.05, 4.69) is 20.4 Å². The molecule has 26 heavy (non-hydrogen) atoms. The highest BCUT2D eigenvalue weighted by Crippen LogP contribution is 2.43. The van der Waals surface area contributed by atoms with Gasteiger partial charge in [-0.05, 0) is 50.9 Å². The van der Waals surface area contributed by atoms with Gasteiger partial charge in [-0.25, -0.2) is 0 Å². The van der Waals surface area contributed by atoms with E-state index in [-0.39, 0.29) is 5.91 Å². The van der Waals surface area contributed by atoms with E-state index >= 15 is 0 Å². The highest BCUT2D eigenvalue weighted by Gasteiger charge is 2.30. The van der Waals surface area contributed by atoms with Gasteiger partial charge in [0.2, 0.25) is 5.91 Å². The van der Waals surface area contributed by atoms with Crippen molar-refractivity contribution in [2.24, 2.45) is 0 Å². The summed E-state index contributed by atoms with van der Waals surface area (Å²) in [6.07, 6.45) is 4.64. The van der Waals surface area contributed by atoms with Crippen molar-refractivity contribution < 1.29 is 9.53 Å². The highest BCUT2D eigenvalue weighted by molar-refractivity contribution is 7.11. The summed E-state index contributed by atoms with van der Waals surface area (Å²) in [5.74, 6) is 1.94. The zero-order chi connectivity index (χ0) is 17.9. The molecule has 6 nitrogen and oxygen atoms in total. The maximum atomic E-state index is 12.3. The molecule has 0 bridgehead atoms. The van der Waals surface area contributed by atoms with Crippen LogP contribution in [0.5, 0.6) is 5.75 Å². The second kappa shape index (κ2) is 7.72. The smallest absolute Gasteiger partial charge is 0.238 e. The molecule has 2 aromatic rings. The van der Waals surface area contributed by atoms with E-state index in [1.807, 2.05) is 24.3 Å². The molecule has 1 N–H and O–H groups in total. The average Bonchev–Trinajstić information content (AvgIpc) is 3.39. The van der Waals surface area contributed by atoms with Gasteiger partial charge in [-0.3, -0.25) is 9.69 Å². The first-order chi connectivity index (χ1) is 12.7. The van der Waals surface area contributed by atoms with Crippen LogP contribution in [0.15, 0.2) is 24.3 Å². The summed E-state index contributed by atoms with van der Waals surface area (Å²) in [6, 6.07) is 7.44. The Kier molecular flexibility index (Phi) is 5.17. The van der Waals surface area contributed by atoms with Gasteiger partial charge >= 0.3 is 0 Å². The van der Waals surface area contributed by atoms with Crippen LogP contribution in [0.25, 0.3) is 0 Å². The van der Waals surface area contributed by atoms with Gasteiger partial charge in [0.05, 0.1) is 13.7 Å². The number of likely N-dealkylation sites (tertiary alicyclic amines) is 1. The third kappa shape index (κ3) is 4.22. The lowest BCUT2D eigenvalue weighted by molar-refractivity contribution is -0.117. The van der Waals surface area contributed by atoms with Crippen LogP contribution < -0.4 is 10.1 Å². The van der Waals surface area contributed by atoms with Crippen LogP contribution in [0, 0.1) is 0 Å². The summed E-state index contributed by atoms with van der Waals surface area (Å²) in [7, 11) is 1.62. The van der Waals surface area contributed by atoms with Gasteiger partial charge in [-0.2, -0.15) is 0 Å². The maximum Gasteiger partial charge on any atom is 0.238 e. The summed E-state index contributed by atoms with van der Waals surface area (Å²) in [4.78, 5) is 14.5. The predicted molar refractivity (Wildman–Crippen MR) is 102 cm³/mol. The number of nitrogens with one attached hydrogen (secondary N) is 1. The summed E-state index contributed by atoms with van der Waals surface area (Å²) in [5.41, 5.74) is 0.769. The first-order valence-corrected chi connectivity index (χ1v) is 10.0. The Morgan fingerprint density at radius 1 is 1.19 bits per heavy atom. The molecule has 1 saturated heterocycles. The molecule has 2 fully saturated rings. The number of hydrogen-bond donors (Lipinski definition) is 1. The molecule has 1 aromatic carbocycles. The maximum absolute atomic E-state index is 12.3. The Morgan fingerprint density at radius 3 is 2.54 bits per heavy atom. The number of hydrogen-bond acceptors (Lipinski definition) is 6. The number of rotatable bonds is 6. The summed E-state index contributed by atoms with van der Waals surface area (Å²) in [6.45, 7) is 2.27. The van der Waals surface area contributed by atoms with E-state index in [0.29, 0.717) is 18.4 Å². The van der Waals surface area contributed by atoms with Gasteiger partial charge in [-0.1, -0.05) is 6.07 Å². The molecule has 2 aliphatic rings. The number of piperidine rings is 1. The van der Waals surface area contributed by atoms with Crippen LogP contribution in [0.3, 0.4) is 0 Å². The van der Waals surface area contributed by atoms with Crippen LogP contribution >= 0.6 is 11.3 Å². The second-order valence-corrected chi connectivity index (χ2v) is 8.12. The van der Waals surface area contributed by atoms with Crippen molar-refractivity contribution in [3.8, 4) is 5.75 Å². The number of amides is 1. The fraction of sp³-hybridized carbons (Fsp3) is 0.526. The minimum Gasteiger partial charge on any atom is -0.497 e. The fourth-order valence-corrected chi connectivity index (χ4v) is 4.53. The standard InChI is InChI=1S/C19H24N4O2S/c1-25-16-4-2-3-15(11-16)20-17(24)12-23-9-7-14(8-10-23)19-22-21-18(26-19)13-5-6-13/h2-4,11,13-14H,5-10,12H2,1H3,(H,20,24). The van der Waals surface area contributed by atoms with E-state index in [4.69, 9.17) is 4.74 Å². The van der Waals surface area contributed by atoms with E-state index in [9.17, 15) is 4.79 Å². The first-order valence-electron chi connectivity index (χ1n) is 9.21. The summed E-state index contributed by atoms with van der Waals surface area (Å²) in [5, 5.41) is 14.1. The summed E-state index contributed by atoms with van der Waals surface area (Å²) >= 11 is 1.80. The quantitative estimate of drug-likeness (QED) is 0.843. The molecule has 0 spiro atoms. The Morgan fingerprint density at radius 2 is 1.88 bits per heavy atom. The lowest BCUT2D eigenvalue weighted by atomic mass is 9.98. The molecule has 0 atom stereocenters. The minimum absolute atomic E-state index is 0.0173. The van der Waals surface area contributed by atoms with Gasteiger partial charge in [0, 0.05) is 23.6 Å². The Hall–Kier alpha value is -1.99. The van der Waals surface area contributed by atoms with E-state index in [1.54, 1.807) is 18.4 Å². The van der Waals surface area contributed by atoms with Crippen molar-refractivity contribution >= 4 is 22.9 Å². The topological polar surface area (TPSA) is 67.3 Å². The number of nitrogens with zero attached hydrogens (tertiary/aromatic N) is 3. The highest BCUT2D eigenvalue weighted by atomic mass is 32.1. The summed E-state index contributed by atoms with van der Waals surface area (Å²) < 4.78 is 5.19. The normalized spacial score (nSPS) is 18.7. The Bertz CT molecular complexity index is 766. The van der Waals surface area contributed by atoms with Crippen molar-refractivity contribution in [1.82, 2.24) is 15.1 Å². The fourth-order valence-electron chi connectivity index (χ4n) is 3.35. The number of ether oxygens (including phenoxy) is 1. The zero-order valence-electron chi connectivity index (χ0n) is 15.0. The van der Waals surface area contributed by atoms with Crippen molar-refractivity contribution in [3.63, 3.8) is 0 Å². The molecule has 138 valence electrons. The van der Waals surface area contributed by atoms with Crippen LogP contribution in [-0.4, -0.2) is 47.7 Å². The molecule has 1 aliphatic heterocycles. The number of benzene rings is 1. The molecule has 1 aliphatic carbocycles. The van der Waals surface area contributed by atoms with Crippen molar-refractivity contribution in [3.05, 3.63) is 34.3 Å². The lowest BCUT2D eigenvalue weighted by Crippen LogP contribution is -2.38. The average molecular weight is 372 g/mol. The largest absolute Gasteiger partial charge is 0.497 e. The molecule has 0 radical (unpaired) electrons. The second-order valence-electron chi connectivity index (χ2n) is 7.08. The van der Waals surface area contributed by atoms with Crippen LogP contribution in [-0.2, 0) is 4.79 Å². The van der Waals surface area contributed by atoms with E-state index in [1.165, 1.54) is 22.9 Å². The molecular weight excluding hydrogens is 348 g/mol. The van der Waals surface area contributed by atoms with Crippen molar-refractivity contribution in [1.29, 1.82) is 0 Å². The number of methoxy groups -OCH3 is 1. The SMILES string of the molecule is COc1cccc(NC(=O)CN2CCC(c3nnc(C4CC4)s3)CC2)c1. The van der Waals surface area contributed by atoms with Crippen LogP contribution in [0.1, 0.15) is 47.5 Å². The number of carbonyl (C=O) groups is 1. The lowest BCUT2D eigenvalue weighted by Gasteiger charge is -2.30. The third-order valence-corrected chi connectivity index (χ3v) is 6.29. The molecule has 2 heterocycles. The number of aromatic nitrogens is 2. The Labute approximate surface area is 157 Å². The molecule has 7 heteroatoms. The molecule has 1 saturated carbocycles. The van der Waals surface area contributed by atoms with Crippen LogP contribution in [0.4, 0.5) is 5.69 Å². The molecule has 4 rings (SSSR count). The van der Waals surface area contributed by atoms with Gasteiger partial charge in [0.1, 0.15) is 15.8 Å². The monoisotopic (exact) mass is 372 g/mol. The zero-order valence-corrected chi connectivity index (χ0v) is 15.8. The van der Waals surface area contributed by atoms with Crippen molar-refractivity contribution in [2.45, 2.75) is 37.5 Å². The molecule has 0 unspecified atom stereocenters. The van der Waals surface area contributed by atoms with Crippen molar-refractivity contribution in [2.75, 3.05) is 32.1 Å². The minimum atomic E-state index is 0.0173. The molecular formula is C19H24N4O2S. The van der Waals surface area contributed by atoms with Crippen LogP contribution in [0.2, 0.25) is 0 Å². The molecule has 1 aromatic heterocycles. The van der Waals surface area contributed by atoms with Gasteiger partial charge < -0.3 is 10.1 Å². The van der Waals surface area contributed by atoms with Gasteiger partial charge in [0.25, 0.3) is 0 Å². The number of carbonyl (C=O) groups excluding carboxylic acids is 1. The van der Waals surface area contributed by atoms with Gasteiger partial charge in [-0.15, -0.1) is 21.5 Å². The first kappa shape index (κ1) is 17.4.